The highest BCUT2D eigenvalue weighted by atomic mass is 15.3. The number of fused-ring (bicyclic) bond motifs is 6. The van der Waals surface area contributed by atoms with Gasteiger partial charge in [-0.1, -0.05) is 183 Å². The second kappa shape index (κ2) is 19.2. The van der Waals surface area contributed by atoms with Gasteiger partial charge >= 0.3 is 0 Å². The Bertz CT molecular complexity index is 4240. The van der Waals surface area contributed by atoms with E-state index in [-0.39, 0.29) is 0 Å². The van der Waals surface area contributed by atoms with Gasteiger partial charge in [0.2, 0.25) is 0 Å². The maximum atomic E-state index is 4.03. The maximum Gasteiger partial charge on any atom is 0.0699 e. The zero-order valence-electron chi connectivity index (χ0n) is 42.6. The summed E-state index contributed by atoms with van der Waals surface area (Å²) in [5, 5.41) is 9.54. The summed E-state index contributed by atoms with van der Waals surface area (Å²) in [4.78, 5) is 9.18. The molecule has 0 amide bonds. The van der Waals surface area contributed by atoms with E-state index in [2.05, 4.69) is 290 Å². The van der Waals surface area contributed by atoms with Crippen molar-refractivity contribution < 1.29 is 0 Å². The summed E-state index contributed by atoms with van der Waals surface area (Å²) in [5.74, 6) is 0. The van der Waals surface area contributed by atoms with Gasteiger partial charge in [0, 0.05) is 37.9 Å². The number of benzene rings is 11. The molecular formula is C72H54N4. The summed E-state index contributed by atoms with van der Waals surface area (Å²) < 4.78 is 0. The summed E-state index contributed by atoms with van der Waals surface area (Å²) in [7, 11) is 4.25. The summed E-state index contributed by atoms with van der Waals surface area (Å²) in [6, 6.07) is 80.8. The standard InChI is InChI=1S/C72H54N4/c1-5-7-27-61-48-75(62(28-8-6-2)47-73(61)3)59-37-39-63-65(45-59)71(57-25-17-23-53(43-57)55-35-33-49-19-9-11-21-51(49)41-55)64-40-38-60(76-69-31-15-13-29-67(69)74(4)68-30-14-16-32-70(68)76)46-66(64)72(63)58-26-18-24-54(44-58)56-36-34-50-20-10-12-22-52(50)42-56/h5-48H,1-2H2,3-4H3/b27-7-,28-8-. The summed E-state index contributed by atoms with van der Waals surface area (Å²) in [6.45, 7) is 8.00. The van der Waals surface area contributed by atoms with Crippen LogP contribution in [0.5, 0.6) is 0 Å². The fraction of sp³-hybridized carbons (Fsp3) is 0.0278. The molecule has 0 aromatic heterocycles. The Hall–Kier alpha value is -9.90. The van der Waals surface area contributed by atoms with Crippen LogP contribution in [0.2, 0.25) is 0 Å². The molecule has 0 radical (unpaired) electrons. The first-order valence-corrected chi connectivity index (χ1v) is 25.9. The minimum atomic E-state index is 1.01. The molecular weight excluding hydrogens is 921 g/mol. The molecule has 0 fully saturated rings. The second-order valence-electron chi connectivity index (χ2n) is 19.6. The fourth-order valence-electron chi connectivity index (χ4n) is 11.4. The molecule has 13 rings (SSSR count). The highest BCUT2D eigenvalue weighted by molar-refractivity contribution is 6.23. The molecule has 76 heavy (non-hydrogen) atoms. The minimum Gasteiger partial charge on any atom is -0.348 e. The highest BCUT2D eigenvalue weighted by Crippen LogP contribution is 2.53. The van der Waals surface area contributed by atoms with Crippen LogP contribution in [-0.4, -0.2) is 19.0 Å². The zero-order chi connectivity index (χ0) is 51.3. The van der Waals surface area contributed by atoms with E-state index in [4.69, 9.17) is 0 Å². The van der Waals surface area contributed by atoms with E-state index < -0.39 is 0 Å². The smallest absolute Gasteiger partial charge is 0.0699 e. The summed E-state index contributed by atoms with van der Waals surface area (Å²) in [6.07, 6.45) is 16.2. The van der Waals surface area contributed by atoms with Crippen LogP contribution in [0.15, 0.2) is 292 Å². The third-order valence-electron chi connectivity index (χ3n) is 15.1. The SMILES string of the molecule is C=C/C=C\C1=CN(c2ccc3c(-c4cccc(-c5ccc6ccccc6c5)c4)c4cc(N5c6ccccc6N(C)c6ccccc65)ccc4c(-c4cccc(-c5ccc6ccccc6c5)c4)c3c2)C(/C=C\C=C)=CN1C. The number of hydrogen-bond acceptors (Lipinski definition) is 4. The predicted octanol–water partition coefficient (Wildman–Crippen LogP) is 19.4. The van der Waals surface area contributed by atoms with Crippen LogP contribution in [0.1, 0.15) is 0 Å². The van der Waals surface area contributed by atoms with E-state index in [1.165, 1.54) is 49.2 Å². The van der Waals surface area contributed by atoms with Crippen molar-refractivity contribution in [2.75, 3.05) is 28.8 Å². The number of anilines is 6. The van der Waals surface area contributed by atoms with Crippen LogP contribution in [0.3, 0.4) is 0 Å². The molecule has 4 heteroatoms. The Morgan fingerprint density at radius 2 is 0.789 bits per heavy atom. The number of nitrogens with zero attached hydrogens (tertiary/aromatic N) is 4. The van der Waals surface area contributed by atoms with E-state index in [9.17, 15) is 0 Å². The van der Waals surface area contributed by atoms with Gasteiger partial charge in [-0.05, 0) is 173 Å². The van der Waals surface area contributed by atoms with Crippen molar-refractivity contribution in [3.05, 3.63) is 292 Å². The van der Waals surface area contributed by atoms with Crippen LogP contribution < -0.4 is 14.7 Å². The lowest BCUT2D eigenvalue weighted by atomic mass is 9.84. The lowest BCUT2D eigenvalue weighted by molar-refractivity contribution is 0.569. The van der Waals surface area contributed by atoms with E-state index in [1.807, 2.05) is 24.3 Å². The Balaban J connectivity index is 1.12. The van der Waals surface area contributed by atoms with Crippen LogP contribution in [0.4, 0.5) is 34.1 Å². The quantitative estimate of drug-likeness (QED) is 0.1000. The van der Waals surface area contributed by atoms with Crippen molar-refractivity contribution in [2.45, 2.75) is 0 Å². The number of hydrogen-bond donors (Lipinski definition) is 0. The molecule has 0 saturated carbocycles. The van der Waals surface area contributed by atoms with Crippen LogP contribution >= 0.6 is 0 Å². The Kier molecular flexibility index (Phi) is 11.6. The van der Waals surface area contributed by atoms with Gasteiger partial charge in [-0.2, -0.15) is 0 Å². The Morgan fingerprint density at radius 3 is 1.33 bits per heavy atom. The largest absolute Gasteiger partial charge is 0.348 e. The second-order valence-corrected chi connectivity index (χ2v) is 19.6. The summed E-state index contributed by atoms with van der Waals surface area (Å²) in [5.41, 5.74) is 18.1. The van der Waals surface area contributed by atoms with Gasteiger partial charge < -0.3 is 19.6 Å². The van der Waals surface area contributed by atoms with Gasteiger partial charge in [-0.15, -0.1) is 0 Å². The third-order valence-corrected chi connectivity index (χ3v) is 15.1. The van der Waals surface area contributed by atoms with Crippen molar-refractivity contribution in [1.29, 1.82) is 0 Å². The molecule has 2 aliphatic rings. The number of likely N-dealkylation sites (N-methyl/N-ethyl adjacent to an activating group) is 1. The van der Waals surface area contributed by atoms with Gasteiger partial charge in [0.25, 0.3) is 0 Å². The molecule has 2 heterocycles. The molecule has 11 aromatic rings. The molecule has 2 aliphatic heterocycles. The molecule has 11 aromatic carbocycles. The molecule has 0 aliphatic carbocycles. The van der Waals surface area contributed by atoms with Gasteiger partial charge in [-0.25, -0.2) is 0 Å². The lowest BCUT2D eigenvalue weighted by Crippen LogP contribution is -2.25. The predicted molar refractivity (Wildman–Crippen MR) is 326 cm³/mol. The summed E-state index contributed by atoms with van der Waals surface area (Å²) >= 11 is 0. The van der Waals surface area contributed by atoms with Crippen molar-refractivity contribution in [3.8, 4) is 44.5 Å². The molecule has 0 N–H and O–H groups in total. The van der Waals surface area contributed by atoms with E-state index in [1.54, 1.807) is 0 Å². The number of rotatable bonds is 10. The van der Waals surface area contributed by atoms with Crippen LogP contribution in [0.25, 0.3) is 87.6 Å². The monoisotopic (exact) mass is 974 g/mol. The topological polar surface area (TPSA) is 13.0 Å². The third kappa shape index (κ3) is 8.05. The molecule has 0 unspecified atom stereocenters. The van der Waals surface area contributed by atoms with E-state index in [0.717, 1.165) is 83.9 Å². The first-order chi connectivity index (χ1) is 37.4. The zero-order valence-corrected chi connectivity index (χ0v) is 42.6. The van der Waals surface area contributed by atoms with Crippen molar-refractivity contribution in [1.82, 2.24) is 4.90 Å². The highest BCUT2D eigenvalue weighted by Gasteiger charge is 2.29. The molecule has 0 spiro atoms. The van der Waals surface area contributed by atoms with Crippen molar-refractivity contribution >= 4 is 77.2 Å². The molecule has 0 bridgehead atoms. The lowest BCUT2D eigenvalue weighted by Gasteiger charge is -2.38. The van der Waals surface area contributed by atoms with Crippen LogP contribution in [-0.2, 0) is 0 Å². The molecule has 0 atom stereocenters. The minimum absolute atomic E-state index is 1.01. The van der Waals surface area contributed by atoms with Gasteiger partial charge in [0.1, 0.15) is 0 Å². The fourth-order valence-corrected chi connectivity index (χ4v) is 11.4. The van der Waals surface area contributed by atoms with E-state index >= 15 is 0 Å². The molecule has 0 saturated heterocycles. The Labute approximate surface area is 444 Å². The van der Waals surface area contributed by atoms with Gasteiger partial charge in [0.05, 0.1) is 34.1 Å². The van der Waals surface area contributed by atoms with Crippen molar-refractivity contribution in [2.24, 2.45) is 0 Å². The van der Waals surface area contributed by atoms with Gasteiger partial charge in [-0.3, -0.25) is 0 Å². The normalized spacial score (nSPS) is 13.4. The average Bonchev–Trinajstić information content (AvgIpc) is 3.60. The molecule has 362 valence electrons. The van der Waals surface area contributed by atoms with Crippen molar-refractivity contribution in [3.63, 3.8) is 0 Å². The van der Waals surface area contributed by atoms with Crippen LogP contribution in [0, 0.1) is 0 Å². The average molecular weight is 975 g/mol. The Morgan fingerprint density at radius 1 is 0.342 bits per heavy atom. The van der Waals surface area contributed by atoms with E-state index in [0.29, 0.717) is 0 Å². The first-order valence-electron chi connectivity index (χ1n) is 25.9. The molecule has 4 nitrogen and oxygen atoms in total. The van der Waals surface area contributed by atoms with Gasteiger partial charge in [0.15, 0.2) is 0 Å². The number of allylic oxidation sites excluding steroid dienone is 6. The first kappa shape index (κ1) is 45.9. The number of para-hydroxylation sites is 4. The maximum absolute atomic E-state index is 4.03.